The maximum Gasteiger partial charge on any atom is 0.221 e. The van der Waals surface area contributed by atoms with E-state index in [0.29, 0.717) is 13.0 Å². The molecule has 1 aromatic heterocycles. The molecule has 1 heterocycles. The van der Waals surface area contributed by atoms with Crippen LogP contribution in [-0.2, 0) is 16.6 Å². The van der Waals surface area contributed by atoms with Gasteiger partial charge in [-0.25, -0.2) is 18.2 Å². The van der Waals surface area contributed by atoms with Crippen molar-refractivity contribution in [1.82, 2.24) is 20.2 Å². The van der Waals surface area contributed by atoms with Crippen molar-refractivity contribution in [3.63, 3.8) is 0 Å². The van der Waals surface area contributed by atoms with Crippen molar-refractivity contribution in [1.29, 1.82) is 0 Å². The van der Waals surface area contributed by atoms with Crippen LogP contribution in [0.3, 0.4) is 0 Å². The fourth-order valence-corrected chi connectivity index (χ4v) is 1.20. The van der Waals surface area contributed by atoms with E-state index in [1.165, 1.54) is 4.68 Å². The van der Waals surface area contributed by atoms with Gasteiger partial charge in [0.25, 0.3) is 0 Å². The van der Waals surface area contributed by atoms with Crippen molar-refractivity contribution in [2.45, 2.75) is 13.0 Å². The third-order valence-corrected chi connectivity index (χ3v) is 2.01. The van der Waals surface area contributed by atoms with E-state index in [1.807, 2.05) is 0 Å². The summed E-state index contributed by atoms with van der Waals surface area (Å²) < 4.78 is 22.3. The van der Waals surface area contributed by atoms with Gasteiger partial charge in [0.2, 0.25) is 16.4 Å². The second kappa shape index (κ2) is 3.59. The number of nitrogens with zero attached hydrogens (tertiary/aromatic N) is 4. The molecule has 0 aliphatic carbocycles. The Hall–Kier alpha value is -1.02. The highest BCUT2D eigenvalue weighted by Crippen LogP contribution is 1.88. The van der Waals surface area contributed by atoms with Crippen LogP contribution in [0.2, 0.25) is 0 Å². The van der Waals surface area contributed by atoms with Gasteiger partial charge in [-0.2, -0.15) is 0 Å². The largest absolute Gasteiger partial charge is 0.229 e. The minimum absolute atomic E-state index is 0.0688. The molecule has 0 fully saturated rings. The average molecular weight is 190 g/mol. The van der Waals surface area contributed by atoms with E-state index in [-0.39, 0.29) is 5.75 Å². The monoisotopic (exact) mass is 190 g/mol. The number of tetrazole rings is 1. The molecule has 2 N–H and O–H groups in total. The highest BCUT2D eigenvalue weighted by molar-refractivity contribution is 7.89. The molecule has 0 aromatic carbocycles. The first-order valence-corrected chi connectivity index (χ1v) is 4.94. The third kappa shape index (κ3) is 3.39. The Kier molecular flexibility index (Phi) is 2.71. The molecular weight excluding hydrogens is 182 g/mol. The first-order chi connectivity index (χ1) is 5.58. The number of hydrogen-bond acceptors (Lipinski definition) is 5. The summed E-state index contributed by atoms with van der Waals surface area (Å²) in [5.74, 6) is -0.0688. The van der Waals surface area contributed by atoms with Gasteiger partial charge in [0.05, 0.1) is 5.75 Å². The Morgan fingerprint density at radius 2 is 2.25 bits per heavy atom. The predicted octanol–water partition coefficient (Wildman–Crippen LogP) is -1.85. The van der Waals surface area contributed by atoms with E-state index >= 15 is 0 Å². The van der Waals surface area contributed by atoms with E-state index in [4.69, 9.17) is 5.14 Å². The summed E-state index contributed by atoms with van der Waals surface area (Å²) in [6, 6.07) is 0. The Bertz CT molecular complexity index is 317. The Morgan fingerprint density at radius 3 is 2.75 bits per heavy atom. The van der Waals surface area contributed by atoms with Gasteiger partial charge < -0.3 is 0 Å². The molecule has 1 radical (unpaired) electrons. The fourth-order valence-electron chi connectivity index (χ4n) is 0.670. The van der Waals surface area contributed by atoms with Crippen LogP contribution < -0.4 is 5.14 Å². The van der Waals surface area contributed by atoms with Crippen molar-refractivity contribution >= 4 is 10.0 Å². The number of nitrogens with two attached hydrogens (primary N) is 1. The molecule has 0 saturated heterocycles. The molecule has 7 nitrogen and oxygen atoms in total. The normalized spacial score (nSPS) is 11.8. The number of aryl methyl sites for hydroxylation is 1. The van der Waals surface area contributed by atoms with Gasteiger partial charge in [0, 0.05) is 6.54 Å². The lowest BCUT2D eigenvalue weighted by Crippen LogP contribution is -2.17. The number of hydrogen-bond donors (Lipinski definition) is 1. The van der Waals surface area contributed by atoms with E-state index < -0.39 is 10.0 Å². The van der Waals surface area contributed by atoms with Crippen molar-refractivity contribution in [3.8, 4) is 0 Å². The van der Waals surface area contributed by atoms with Gasteiger partial charge in [0.1, 0.15) is 0 Å². The number of rotatable bonds is 4. The minimum atomic E-state index is -3.37. The van der Waals surface area contributed by atoms with Gasteiger partial charge in [-0.1, -0.05) is 0 Å². The zero-order chi connectivity index (χ0) is 9.03. The van der Waals surface area contributed by atoms with Gasteiger partial charge in [-0.3, -0.25) is 0 Å². The van der Waals surface area contributed by atoms with Crippen molar-refractivity contribution in [2.75, 3.05) is 5.75 Å². The summed E-state index contributed by atoms with van der Waals surface area (Å²) in [6.07, 6.45) is 2.82. The molecule has 8 heteroatoms. The van der Waals surface area contributed by atoms with Crippen LogP contribution in [-0.4, -0.2) is 34.4 Å². The van der Waals surface area contributed by atoms with Crippen LogP contribution in [0.5, 0.6) is 0 Å². The van der Waals surface area contributed by atoms with Crippen molar-refractivity contribution in [2.24, 2.45) is 5.14 Å². The third-order valence-electron chi connectivity index (χ3n) is 1.15. The first kappa shape index (κ1) is 9.07. The van der Waals surface area contributed by atoms with Crippen LogP contribution in [0, 0.1) is 6.33 Å². The van der Waals surface area contributed by atoms with Crippen LogP contribution in [0.1, 0.15) is 6.42 Å². The number of aromatic nitrogens is 4. The van der Waals surface area contributed by atoms with E-state index in [9.17, 15) is 8.42 Å². The Balaban J connectivity index is 2.29. The zero-order valence-electron chi connectivity index (χ0n) is 6.21. The predicted molar refractivity (Wildman–Crippen MR) is 39.2 cm³/mol. The summed E-state index contributed by atoms with van der Waals surface area (Å²) in [7, 11) is -3.37. The van der Waals surface area contributed by atoms with Crippen LogP contribution in [0.15, 0.2) is 0 Å². The van der Waals surface area contributed by atoms with Crippen LogP contribution in [0.4, 0.5) is 0 Å². The SMILES string of the molecule is NS(=O)(=O)CCCn1[c]nnn1. The van der Waals surface area contributed by atoms with Crippen molar-refractivity contribution < 1.29 is 8.42 Å². The lowest BCUT2D eigenvalue weighted by molar-refractivity contribution is 0.560. The number of sulfonamides is 1. The maximum atomic E-state index is 10.5. The van der Waals surface area contributed by atoms with Gasteiger partial charge in [0.15, 0.2) is 0 Å². The highest BCUT2D eigenvalue weighted by Gasteiger charge is 2.02. The molecule has 0 bridgehead atoms. The molecule has 0 spiro atoms. The van der Waals surface area contributed by atoms with Crippen molar-refractivity contribution in [3.05, 3.63) is 6.33 Å². The smallest absolute Gasteiger partial charge is 0.221 e. The van der Waals surface area contributed by atoms with E-state index in [0.717, 1.165) is 0 Å². The molecule has 0 atom stereocenters. The molecule has 67 valence electrons. The Morgan fingerprint density at radius 1 is 1.50 bits per heavy atom. The molecule has 1 aromatic rings. The van der Waals surface area contributed by atoms with E-state index in [1.54, 1.807) is 0 Å². The van der Waals surface area contributed by atoms with E-state index in [2.05, 4.69) is 21.9 Å². The molecule has 0 aliphatic heterocycles. The fraction of sp³-hybridized carbons (Fsp3) is 0.750. The summed E-state index contributed by atoms with van der Waals surface area (Å²) in [5.41, 5.74) is 0. The van der Waals surface area contributed by atoms with Crippen LogP contribution >= 0.6 is 0 Å². The quantitative estimate of drug-likeness (QED) is 0.600. The maximum absolute atomic E-state index is 10.5. The lowest BCUT2D eigenvalue weighted by Gasteiger charge is -1.96. The number of primary sulfonamides is 1. The lowest BCUT2D eigenvalue weighted by atomic mass is 10.5. The van der Waals surface area contributed by atoms with Gasteiger partial charge >= 0.3 is 0 Å². The topological polar surface area (TPSA) is 104 Å². The standard InChI is InChI=1S/C4H8N5O2S/c5-12(10,11)3-1-2-9-4-6-7-8-9/h1-3H2,(H2,5,10,11). The molecular formula is C4H8N5O2S. The minimum Gasteiger partial charge on any atom is -0.229 e. The first-order valence-electron chi connectivity index (χ1n) is 3.22. The molecule has 0 saturated carbocycles. The molecule has 1 rings (SSSR count). The van der Waals surface area contributed by atoms with Gasteiger partial charge in [-0.15, -0.1) is 5.10 Å². The second-order valence-corrected chi connectivity index (χ2v) is 3.96. The average Bonchev–Trinajstić information content (AvgIpc) is 2.36. The summed E-state index contributed by atoms with van der Waals surface area (Å²) in [4.78, 5) is 0. The van der Waals surface area contributed by atoms with Gasteiger partial charge in [-0.05, 0) is 16.8 Å². The Labute approximate surface area is 69.6 Å². The molecule has 0 amide bonds. The molecule has 0 aliphatic rings. The molecule has 12 heavy (non-hydrogen) atoms. The zero-order valence-corrected chi connectivity index (χ0v) is 7.03. The molecule has 0 unspecified atom stereocenters. The van der Waals surface area contributed by atoms with Crippen LogP contribution in [0.25, 0.3) is 0 Å². The summed E-state index contributed by atoms with van der Waals surface area (Å²) in [5, 5.41) is 14.9. The second-order valence-electron chi connectivity index (χ2n) is 2.22. The summed E-state index contributed by atoms with van der Waals surface area (Å²) in [6.45, 7) is 0.406. The highest BCUT2D eigenvalue weighted by atomic mass is 32.2. The summed E-state index contributed by atoms with van der Waals surface area (Å²) >= 11 is 0.